The van der Waals surface area contributed by atoms with E-state index in [0.29, 0.717) is 12.5 Å². The van der Waals surface area contributed by atoms with E-state index in [-0.39, 0.29) is 5.91 Å². The third-order valence-corrected chi connectivity index (χ3v) is 3.59. The van der Waals surface area contributed by atoms with Crippen molar-refractivity contribution in [2.75, 3.05) is 19.6 Å². The fourth-order valence-electron chi connectivity index (χ4n) is 2.63. The fraction of sp³-hybridized carbons (Fsp3) is 0.600. The SMILES string of the molecule is CCCN(C(=O)Cc1ccccn1)C1CCNCC1. The summed E-state index contributed by atoms with van der Waals surface area (Å²) in [4.78, 5) is 18.8. The zero-order chi connectivity index (χ0) is 13.5. The fourth-order valence-corrected chi connectivity index (χ4v) is 2.63. The zero-order valence-electron chi connectivity index (χ0n) is 11.6. The van der Waals surface area contributed by atoms with E-state index in [1.54, 1.807) is 6.20 Å². The van der Waals surface area contributed by atoms with Crippen molar-refractivity contribution >= 4 is 5.91 Å². The minimum absolute atomic E-state index is 0.215. The molecule has 1 saturated heterocycles. The summed E-state index contributed by atoms with van der Waals surface area (Å²) < 4.78 is 0. The molecule has 2 heterocycles. The molecule has 0 saturated carbocycles. The van der Waals surface area contributed by atoms with Crippen LogP contribution < -0.4 is 5.32 Å². The lowest BCUT2D eigenvalue weighted by Gasteiger charge is -2.34. The van der Waals surface area contributed by atoms with Crippen molar-refractivity contribution in [3.63, 3.8) is 0 Å². The highest BCUT2D eigenvalue weighted by Crippen LogP contribution is 2.14. The van der Waals surface area contributed by atoms with E-state index in [1.807, 2.05) is 18.2 Å². The van der Waals surface area contributed by atoms with Crippen molar-refractivity contribution < 1.29 is 4.79 Å². The Labute approximate surface area is 115 Å². The number of aromatic nitrogens is 1. The lowest BCUT2D eigenvalue weighted by atomic mass is 10.0. The first-order valence-electron chi connectivity index (χ1n) is 7.21. The van der Waals surface area contributed by atoms with E-state index >= 15 is 0 Å². The number of hydrogen-bond acceptors (Lipinski definition) is 3. The highest BCUT2D eigenvalue weighted by atomic mass is 16.2. The lowest BCUT2D eigenvalue weighted by molar-refractivity contribution is -0.133. The average Bonchev–Trinajstić information content (AvgIpc) is 2.46. The largest absolute Gasteiger partial charge is 0.339 e. The second-order valence-electron chi connectivity index (χ2n) is 5.07. The van der Waals surface area contributed by atoms with Crippen LogP contribution in [0.25, 0.3) is 0 Å². The molecule has 1 aromatic rings. The first-order valence-corrected chi connectivity index (χ1v) is 7.21. The first-order chi connectivity index (χ1) is 9.31. The Morgan fingerprint density at radius 2 is 2.21 bits per heavy atom. The highest BCUT2D eigenvalue weighted by Gasteiger charge is 2.24. The summed E-state index contributed by atoms with van der Waals surface area (Å²) in [7, 11) is 0. The van der Waals surface area contributed by atoms with Crippen LogP contribution in [0.2, 0.25) is 0 Å². The average molecular weight is 261 g/mol. The summed E-state index contributed by atoms with van der Waals surface area (Å²) in [5.41, 5.74) is 0.863. The molecule has 0 bridgehead atoms. The molecule has 4 nitrogen and oxygen atoms in total. The molecule has 0 spiro atoms. The van der Waals surface area contributed by atoms with Gasteiger partial charge in [0.15, 0.2) is 0 Å². The Kier molecular flexibility index (Phi) is 5.33. The van der Waals surface area contributed by atoms with Crippen molar-refractivity contribution in [1.82, 2.24) is 15.2 Å². The molecule has 0 aromatic carbocycles. The number of carbonyl (C=O) groups is 1. The monoisotopic (exact) mass is 261 g/mol. The Hall–Kier alpha value is -1.42. The molecule has 1 aliphatic heterocycles. The van der Waals surface area contributed by atoms with E-state index in [4.69, 9.17) is 0 Å². The third-order valence-electron chi connectivity index (χ3n) is 3.59. The predicted molar refractivity (Wildman–Crippen MR) is 75.8 cm³/mol. The summed E-state index contributed by atoms with van der Waals surface area (Å²) in [6.07, 6.45) is 5.31. The van der Waals surface area contributed by atoms with Crippen LogP contribution in [0.4, 0.5) is 0 Å². The summed E-state index contributed by atoms with van der Waals surface area (Å²) >= 11 is 0. The van der Waals surface area contributed by atoms with Gasteiger partial charge in [0.05, 0.1) is 6.42 Å². The second kappa shape index (κ2) is 7.24. The van der Waals surface area contributed by atoms with Gasteiger partial charge in [0.1, 0.15) is 0 Å². The predicted octanol–water partition coefficient (Wildman–Crippen LogP) is 1.61. The smallest absolute Gasteiger partial charge is 0.228 e. The second-order valence-corrected chi connectivity index (χ2v) is 5.07. The van der Waals surface area contributed by atoms with Crippen LogP contribution in [0.3, 0.4) is 0 Å². The summed E-state index contributed by atoms with van der Waals surface area (Å²) in [5.74, 6) is 0.215. The van der Waals surface area contributed by atoms with Crippen LogP contribution in [-0.2, 0) is 11.2 Å². The Bertz CT molecular complexity index is 388. The quantitative estimate of drug-likeness (QED) is 0.876. The molecular weight excluding hydrogens is 238 g/mol. The standard InChI is InChI=1S/C15H23N3O/c1-2-11-18(14-6-9-16-10-7-14)15(19)12-13-5-3-4-8-17-13/h3-5,8,14,16H,2,6-7,9-12H2,1H3. The van der Waals surface area contributed by atoms with Gasteiger partial charge in [-0.15, -0.1) is 0 Å². The van der Waals surface area contributed by atoms with Crippen molar-refractivity contribution in [2.24, 2.45) is 0 Å². The van der Waals surface area contributed by atoms with E-state index in [2.05, 4.69) is 22.1 Å². The molecule has 4 heteroatoms. The third kappa shape index (κ3) is 4.03. The number of nitrogens with one attached hydrogen (secondary N) is 1. The number of nitrogens with zero attached hydrogens (tertiary/aromatic N) is 2. The molecule has 2 rings (SSSR count). The lowest BCUT2D eigenvalue weighted by Crippen LogP contribution is -2.47. The van der Waals surface area contributed by atoms with Gasteiger partial charge in [-0.1, -0.05) is 13.0 Å². The highest BCUT2D eigenvalue weighted by molar-refractivity contribution is 5.78. The normalized spacial score (nSPS) is 16.3. The van der Waals surface area contributed by atoms with Crippen LogP contribution in [0, 0.1) is 0 Å². The molecule has 1 amide bonds. The zero-order valence-corrected chi connectivity index (χ0v) is 11.6. The number of carbonyl (C=O) groups excluding carboxylic acids is 1. The molecule has 0 unspecified atom stereocenters. The summed E-state index contributed by atoms with van der Waals surface area (Å²) in [6, 6.07) is 6.14. The molecule has 1 fully saturated rings. The van der Waals surface area contributed by atoms with Crippen LogP contribution in [0.5, 0.6) is 0 Å². The van der Waals surface area contributed by atoms with Crippen molar-refractivity contribution in [3.05, 3.63) is 30.1 Å². The van der Waals surface area contributed by atoms with Gasteiger partial charge < -0.3 is 10.2 Å². The van der Waals surface area contributed by atoms with Gasteiger partial charge in [-0.25, -0.2) is 0 Å². The van der Waals surface area contributed by atoms with E-state index in [9.17, 15) is 4.79 Å². The molecule has 0 atom stereocenters. The van der Waals surface area contributed by atoms with Crippen LogP contribution in [0.15, 0.2) is 24.4 Å². The minimum Gasteiger partial charge on any atom is -0.339 e. The molecular formula is C15H23N3O. The Morgan fingerprint density at radius 1 is 1.42 bits per heavy atom. The van der Waals surface area contributed by atoms with Crippen molar-refractivity contribution in [1.29, 1.82) is 0 Å². The van der Waals surface area contributed by atoms with Crippen LogP contribution >= 0.6 is 0 Å². The van der Waals surface area contributed by atoms with Gasteiger partial charge in [0.25, 0.3) is 0 Å². The molecule has 19 heavy (non-hydrogen) atoms. The Balaban J connectivity index is 1.99. The molecule has 0 aliphatic carbocycles. The van der Waals surface area contributed by atoms with Gasteiger partial charge >= 0.3 is 0 Å². The summed E-state index contributed by atoms with van der Waals surface area (Å²) in [5, 5.41) is 3.35. The van der Waals surface area contributed by atoms with Crippen LogP contribution in [-0.4, -0.2) is 41.5 Å². The van der Waals surface area contributed by atoms with Gasteiger partial charge in [0, 0.05) is 24.5 Å². The van der Waals surface area contributed by atoms with E-state index in [0.717, 1.165) is 44.6 Å². The Morgan fingerprint density at radius 3 is 2.84 bits per heavy atom. The maximum absolute atomic E-state index is 12.5. The minimum atomic E-state index is 0.215. The van der Waals surface area contributed by atoms with Crippen molar-refractivity contribution in [2.45, 2.75) is 38.6 Å². The number of hydrogen-bond donors (Lipinski definition) is 1. The molecule has 104 valence electrons. The van der Waals surface area contributed by atoms with Crippen LogP contribution in [0.1, 0.15) is 31.9 Å². The first kappa shape index (κ1) is 14.0. The molecule has 1 N–H and O–H groups in total. The maximum Gasteiger partial charge on any atom is 0.228 e. The number of rotatable bonds is 5. The number of amides is 1. The van der Waals surface area contributed by atoms with Gasteiger partial charge in [0.2, 0.25) is 5.91 Å². The van der Waals surface area contributed by atoms with E-state index < -0.39 is 0 Å². The number of piperidine rings is 1. The van der Waals surface area contributed by atoms with Gasteiger partial charge in [-0.3, -0.25) is 9.78 Å². The molecule has 1 aromatic heterocycles. The topological polar surface area (TPSA) is 45.2 Å². The maximum atomic E-state index is 12.5. The molecule has 1 aliphatic rings. The van der Waals surface area contributed by atoms with Gasteiger partial charge in [-0.2, -0.15) is 0 Å². The van der Waals surface area contributed by atoms with Gasteiger partial charge in [-0.05, 0) is 44.5 Å². The van der Waals surface area contributed by atoms with Crippen molar-refractivity contribution in [3.8, 4) is 0 Å². The molecule has 0 radical (unpaired) electrons. The number of pyridine rings is 1. The van der Waals surface area contributed by atoms with E-state index in [1.165, 1.54) is 0 Å². The summed E-state index contributed by atoms with van der Waals surface area (Å²) in [6.45, 7) is 5.02.